The van der Waals surface area contributed by atoms with Gasteiger partial charge >= 0.3 is 5.97 Å². The van der Waals surface area contributed by atoms with Gasteiger partial charge in [0.2, 0.25) is 0 Å². The molecule has 0 amide bonds. The third-order valence-electron chi connectivity index (χ3n) is 6.73. The van der Waals surface area contributed by atoms with Crippen molar-refractivity contribution in [3.8, 4) is 0 Å². The minimum absolute atomic E-state index is 0.0151. The summed E-state index contributed by atoms with van der Waals surface area (Å²) >= 11 is 0. The van der Waals surface area contributed by atoms with Crippen molar-refractivity contribution in [1.29, 1.82) is 0 Å². The van der Waals surface area contributed by atoms with Crippen LogP contribution in [0.1, 0.15) is 118 Å². The Labute approximate surface area is 180 Å². The van der Waals surface area contributed by atoms with E-state index in [2.05, 4.69) is 44.8 Å². The van der Waals surface area contributed by atoms with Crippen molar-refractivity contribution in [3.63, 3.8) is 0 Å². The van der Waals surface area contributed by atoms with Crippen LogP contribution < -0.4 is 5.32 Å². The lowest BCUT2D eigenvalue weighted by molar-refractivity contribution is -0.161. The van der Waals surface area contributed by atoms with Gasteiger partial charge in [0.15, 0.2) is 0 Å². The number of unbranched alkanes of at least 4 members (excludes halogenated alkanes) is 9. The zero-order valence-corrected chi connectivity index (χ0v) is 20.0. The molecule has 0 saturated carbocycles. The van der Waals surface area contributed by atoms with Crippen LogP contribution >= 0.6 is 0 Å². The Bertz CT molecular complexity index is 473. The largest absolute Gasteiger partial charge is 0.463 e. The normalized spacial score (nSPS) is 25.1. The second-order valence-electron chi connectivity index (χ2n) is 10.8. The fourth-order valence-corrected chi connectivity index (χ4v) is 5.69. The van der Waals surface area contributed by atoms with Crippen molar-refractivity contribution in [3.05, 3.63) is 0 Å². The first-order valence-corrected chi connectivity index (χ1v) is 12.5. The van der Waals surface area contributed by atoms with Crippen molar-refractivity contribution >= 4 is 5.97 Å². The molecular weight excluding hydrogens is 360 g/mol. The fourth-order valence-electron chi connectivity index (χ4n) is 5.69. The molecule has 0 aromatic heterocycles. The standard InChI is InChI=1S/C25H48N2O2/c1-6-7-8-9-10-11-12-13-14-15-16-22-23(28)29-18-17-27(22)21-19-24(2,3)26-25(4,5)20-21/h21-22,26H,6-20H2,1-5H3. The number of rotatable bonds is 12. The van der Waals surface area contributed by atoms with E-state index in [1.807, 2.05) is 0 Å². The average molecular weight is 409 g/mol. The predicted octanol–water partition coefficient (Wildman–Crippen LogP) is 5.83. The summed E-state index contributed by atoms with van der Waals surface area (Å²) in [6.45, 7) is 12.9. The van der Waals surface area contributed by atoms with Crippen molar-refractivity contribution < 1.29 is 9.53 Å². The quantitative estimate of drug-likeness (QED) is 0.326. The van der Waals surface area contributed by atoms with Crippen molar-refractivity contribution in [1.82, 2.24) is 10.2 Å². The lowest BCUT2D eigenvalue weighted by Gasteiger charge is -2.51. The van der Waals surface area contributed by atoms with E-state index in [1.54, 1.807) is 0 Å². The van der Waals surface area contributed by atoms with Crippen LogP contribution in [-0.4, -0.2) is 47.2 Å². The van der Waals surface area contributed by atoms with E-state index in [4.69, 9.17) is 4.74 Å². The topological polar surface area (TPSA) is 41.6 Å². The van der Waals surface area contributed by atoms with Gasteiger partial charge in [0.1, 0.15) is 12.6 Å². The lowest BCUT2D eigenvalue weighted by Crippen LogP contribution is -2.65. The molecule has 29 heavy (non-hydrogen) atoms. The van der Waals surface area contributed by atoms with Gasteiger partial charge in [0.05, 0.1) is 0 Å². The number of esters is 1. The number of nitrogens with zero attached hydrogens (tertiary/aromatic N) is 1. The maximum atomic E-state index is 12.6. The van der Waals surface area contributed by atoms with E-state index in [0.717, 1.165) is 32.2 Å². The molecule has 1 atom stereocenters. The van der Waals surface area contributed by atoms with Crippen LogP contribution in [0, 0.1) is 0 Å². The van der Waals surface area contributed by atoms with Crippen LogP contribution in [0.15, 0.2) is 0 Å². The van der Waals surface area contributed by atoms with Gasteiger partial charge in [-0.2, -0.15) is 0 Å². The molecule has 4 heteroatoms. The third kappa shape index (κ3) is 8.57. The molecule has 2 rings (SSSR count). The Balaban J connectivity index is 1.75. The minimum Gasteiger partial charge on any atom is -0.463 e. The Kier molecular flexibility index (Phi) is 9.94. The van der Waals surface area contributed by atoms with Crippen LogP contribution in [0.4, 0.5) is 0 Å². The van der Waals surface area contributed by atoms with Crippen LogP contribution in [0.5, 0.6) is 0 Å². The van der Waals surface area contributed by atoms with E-state index in [1.165, 1.54) is 57.8 Å². The van der Waals surface area contributed by atoms with E-state index in [-0.39, 0.29) is 23.1 Å². The van der Waals surface area contributed by atoms with Gasteiger partial charge in [-0.3, -0.25) is 9.69 Å². The van der Waals surface area contributed by atoms with Gasteiger partial charge in [-0.25, -0.2) is 0 Å². The molecule has 0 aliphatic carbocycles. The molecule has 0 bridgehead atoms. The number of piperidine rings is 1. The molecule has 1 N–H and O–H groups in total. The number of carbonyl (C=O) groups is 1. The summed E-state index contributed by atoms with van der Waals surface area (Å²) in [4.78, 5) is 15.1. The summed E-state index contributed by atoms with van der Waals surface area (Å²) in [5.41, 5.74) is 0.213. The second-order valence-corrected chi connectivity index (χ2v) is 10.8. The van der Waals surface area contributed by atoms with Crippen LogP contribution in [0.2, 0.25) is 0 Å². The number of morpholine rings is 1. The first-order valence-electron chi connectivity index (χ1n) is 12.5. The fraction of sp³-hybridized carbons (Fsp3) is 0.960. The predicted molar refractivity (Wildman–Crippen MR) is 122 cm³/mol. The van der Waals surface area contributed by atoms with Crippen LogP contribution in [0.3, 0.4) is 0 Å². The molecule has 0 radical (unpaired) electrons. The zero-order chi connectivity index (χ0) is 21.3. The third-order valence-corrected chi connectivity index (χ3v) is 6.73. The van der Waals surface area contributed by atoms with Crippen molar-refractivity contribution in [2.24, 2.45) is 0 Å². The van der Waals surface area contributed by atoms with Crippen LogP contribution in [0.25, 0.3) is 0 Å². The Morgan fingerprint density at radius 1 is 0.897 bits per heavy atom. The molecule has 2 aliphatic rings. The van der Waals surface area contributed by atoms with Gasteiger partial charge in [0.25, 0.3) is 0 Å². The zero-order valence-electron chi connectivity index (χ0n) is 20.0. The number of nitrogens with one attached hydrogen (secondary N) is 1. The van der Waals surface area contributed by atoms with Crippen molar-refractivity contribution in [2.45, 2.75) is 141 Å². The smallest absolute Gasteiger partial charge is 0.323 e. The summed E-state index contributed by atoms with van der Waals surface area (Å²) in [5, 5.41) is 3.77. The van der Waals surface area contributed by atoms with Crippen LogP contribution in [-0.2, 0) is 9.53 Å². The molecule has 170 valence electrons. The number of ether oxygens (including phenoxy) is 1. The molecule has 2 saturated heterocycles. The minimum atomic E-state index is -0.0347. The highest BCUT2D eigenvalue weighted by molar-refractivity contribution is 5.76. The number of hydrogen-bond donors (Lipinski definition) is 1. The molecule has 2 heterocycles. The Morgan fingerprint density at radius 2 is 1.41 bits per heavy atom. The SMILES string of the molecule is CCCCCCCCCCCCC1C(=O)OCCN1C1CC(C)(C)NC(C)(C)C1. The highest BCUT2D eigenvalue weighted by Gasteiger charge is 2.44. The van der Waals surface area contributed by atoms with E-state index < -0.39 is 0 Å². The average Bonchev–Trinajstić information content (AvgIpc) is 2.61. The van der Waals surface area contributed by atoms with Gasteiger partial charge in [-0.1, -0.05) is 71.1 Å². The highest BCUT2D eigenvalue weighted by Crippen LogP contribution is 2.34. The summed E-state index contributed by atoms with van der Waals surface area (Å²) in [7, 11) is 0. The summed E-state index contributed by atoms with van der Waals surface area (Å²) in [6, 6.07) is 0.426. The first-order chi connectivity index (χ1) is 13.7. The summed E-state index contributed by atoms with van der Waals surface area (Å²) < 4.78 is 5.46. The maximum Gasteiger partial charge on any atom is 0.323 e. The molecule has 1 unspecified atom stereocenters. The highest BCUT2D eigenvalue weighted by atomic mass is 16.5. The maximum absolute atomic E-state index is 12.6. The van der Waals surface area contributed by atoms with E-state index >= 15 is 0 Å². The van der Waals surface area contributed by atoms with Gasteiger partial charge in [0, 0.05) is 23.7 Å². The van der Waals surface area contributed by atoms with Gasteiger partial charge in [-0.05, 0) is 47.0 Å². The molecular formula is C25H48N2O2. The lowest BCUT2D eigenvalue weighted by atomic mass is 9.78. The number of cyclic esters (lactones) is 1. The van der Waals surface area contributed by atoms with Gasteiger partial charge < -0.3 is 10.1 Å². The monoisotopic (exact) mass is 408 g/mol. The van der Waals surface area contributed by atoms with E-state index in [9.17, 15) is 4.79 Å². The molecule has 2 fully saturated rings. The number of hydrogen-bond acceptors (Lipinski definition) is 4. The molecule has 0 aromatic carbocycles. The Morgan fingerprint density at radius 3 is 1.97 bits per heavy atom. The summed E-state index contributed by atoms with van der Waals surface area (Å²) in [6.07, 6.45) is 16.5. The van der Waals surface area contributed by atoms with E-state index in [0.29, 0.717) is 12.6 Å². The molecule has 0 spiro atoms. The second kappa shape index (κ2) is 11.7. The first kappa shape index (κ1) is 24.7. The van der Waals surface area contributed by atoms with Gasteiger partial charge in [-0.15, -0.1) is 0 Å². The molecule has 4 nitrogen and oxygen atoms in total. The number of carbonyl (C=O) groups excluding carboxylic acids is 1. The molecule has 0 aromatic rings. The summed E-state index contributed by atoms with van der Waals surface area (Å²) in [5.74, 6) is 0.0151. The van der Waals surface area contributed by atoms with Crippen molar-refractivity contribution in [2.75, 3.05) is 13.2 Å². The molecule has 2 aliphatic heterocycles. The Hall–Kier alpha value is -0.610.